The van der Waals surface area contributed by atoms with Gasteiger partial charge in [0.2, 0.25) is 5.91 Å². The number of carbonyl (C=O) groups is 1. The molecule has 1 aromatic heterocycles. The van der Waals surface area contributed by atoms with E-state index in [0.717, 1.165) is 5.56 Å². The van der Waals surface area contributed by atoms with E-state index >= 15 is 0 Å². The van der Waals surface area contributed by atoms with Crippen LogP contribution in [0.15, 0.2) is 23.5 Å². The molecule has 0 fully saturated rings. The number of nitrogens with zero attached hydrogens (tertiary/aromatic N) is 2. The Morgan fingerprint density at radius 2 is 2.40 bits per heavy atom. The molecule has 20 heavy (non-hydrogen) atoms. The van der Waals surface area contributed by atoms with E-state index in [4.69, 9.17) is 15.7 Å². The highest BCUT2D eigenvalue weighted by molar-refractivity contribution is 5.95. The summed E-state index contributed by atoms with van der Waals surface area (Å²) in [6, 6.07) is 3.47. The predicted molar refractivity (Wildman–Crippen MR) is 73.3 cm³/mol. The number of oxime groups is 1. The van der Waals surface area contributed by atoms with Crippen LogP contribution in [0.5, 0.6) is 0 Å². The van der Waals surface area contributed by atoms with Crippen molar-refractivity contribution in [3.05, 3.63) is 29.6 Å². The predicted octanol–water partition coefficient (Wildman–Crippen LogP) is -0.972. The maximum atomic E-state index is 11.4. The van der Waals surface area contributed by atoms with Gasteiger partial charge in [0, 0.05) is 26.4 Å². The molecule has 0 saturated carbocycles. The second kappa shape index (κ2) is 8.83. The van der Waals surface area contributed by atoms with Crippen LogP contribution in [0.2, 0.25) is 0 Å². The molecule has 0 unspecified atom stereocenters. The van der Waals surface area contributed by atoms with Crippen LogP contribution in [-0.2, 0) is 16.1 Å². The van der Waals surface area contributed by atoms with Crippen molar-refractivity contribution in [3.63, 3.8) is 0 Å². The topological polar surface area (TPSA) is 122 Å². The molecule has 0 aliphatic carbocycles. The molecule has 8 nitrogen and oxygen atoms in total. The van der Waals surface area contributed by atoms with E-state index in [1.165, 1.54) is 0 Å². The molecule has 0 aromatic carbocycles. The summed E-state index contributed by atoms with van der Waals surface area (Å²) in [6.07, 6.45) is 1.56. The maximum Gasteiger partial charge on any atom is 0.234 e. The standard InChI is InChI=1S/C12H19N5O3/c1-20-5-4-16-11(18)8-14-7-9-2-3-15-10(6-9)12(13)17-19/h2-3,6,14,19H,4-5,7-8H2,1H3,(H2,13,17)(H,16,18). The van der Waals surface area contributed by atoms with Crippen molar-refractivity contribution in [2.24, 2.45) is 10.9 Å². The van der Waals surface area contributed by atoms with Gasteiger partial charge >= 0.3 is 0 Å². The van der Waals surface area contributed by atoms with Crippen molar-refractivity contribution in [3.8, 4) is 0 Å². The van der Waals surface area contributed by atoms with Crippen molar-refractivity contribution in [1.29, 1.82) is 0 Å². The summed E-state index contributed by atoms with van der Waals surface area (Å²) in [6.45, 7) is 1.65. The summed E-state index contributed by atoms with van der Waals surface area (Å²) in [5.74, 6) is -0.156. The minimum Gasteiger partial charge on any atom is -0.409 e. The minimum atomic E-state index is -0.104. The number of rotatable bonds is 8. The van der Waals surface area contributed by atoms with Crippen LogP contribution in [0.1, 0.15) is 11.3 Å². The van der Waals surface area contributed by atoms with E-state index in [-0.39, 0.29) is 18.3 Å². The summed E-state index contributed by atoms with van der Waals surface area (Å²) in [4.78, 5) is 15.4. The van der Waals surface area contributed by atoms with Gasteiger partial charge in [-0.05, 0) is 17.7 Å². The van der Waals surface area contributed by atoms with Gasteiger partial charge in [-0.15, -0.1) is 0 Å². The number of carbonyl (C=O) groups excluding carboxylic acids is 1. The van der Waals surface area contributed by atoms with Crippen LogP contribution in [0.4, 0.5) is 0 Å². The third kappa shape index (κ3) is 5.63. The van der Waals surface area contributed by atoms with Gasteiger partial charge < -0.3 is 26.3 Å². The van der Waals surface area contributed by atoms with Crippen LogP contribution < -0.4 is 16.4 Å². The van der Waals surface area contributed by atoms with Gasteiger partial charge in [0.05, 0.1) is 13.2 Å². The molecule has 1 heterocycles. The molecule has 0 atom stereocenters. The zero-order valence-corrected chi connectivity index (χ0v) is 11.3. The van der Waals surface area contributed by atoms with Gasteiger partial charge in [-0.1, -0.05) is 5.16 Å². The second-order valence-electron chi connectivity index (χ2n) is 3.98. The maximum absolute atomic E-state index is 11.4. The fourth-order valence-corrected chi connectivity index (χ4v) is 1.45. The Morgan fingerprint density at radius 3 is 3.10 bits per heavy atom. The van der Waals surface area contributed by atoms with Crippen molar-refractivity contribution >= 4 is 11.7 Å². The minimum absolute atomic E-state index is 0.0517. The molecule has 1 rings (SSSR count). The zero-order valence-electron chi connectivity index (χ0n) is 11.3. The van der Waals surface area contributed by atoms with Gasteiger partial charge in [-0.25, -0.2) is 0 Å². The van der Waals surface area contributed by atoms with Gasteiger partial charge in [0.25, 0.3) is 0 Å². The van der Waals surface area contributed by atoms with E-state index in [2.05, 4.69) is 20.8 Å². The molecule has 1 amide bonds. The Labute approximate surface area is 117 Å². The molecular weight excluding hydrogens is 262 g/mol. The Bertz CT molecular complexity index is 464. The molecule has 0 bridgehead atoms. The molecule has 0 spiro atoms. The van der Waals surface area contributed by atoms with E-state index in [0.29, 0.717) is 25.4 Å². The van der Waals surface area contributed by atoms with Crippen LogP contribution in [0.25, 0.3) is 0 Å². The number of amidine groups is 1. The van der Waals surface area contributed by atoms with Gasteiger partial charge in [0.1, 0.15) is 5.69 Å². The Morgan fingerprint density at radius 1 is 1.60 bits per heavy atom. The van der Waals surface area contributed by atoms with Crippen molar-refractivity contribution < 1.29 is 14.7 Å². The number of pyridine rings is 1. The Balaban J connectivity index is 2.37. The second-order valence-corrected chi connectivity index (χ2v) is 3.98. The molecule has 5 N–H and O–H groups in total. The molecule has 110 valence electrons. The third-order valence-electron chi connectivity index (χ3n) is 2.44. The number of nitrogens with two attached hydrogens (primary N) is 1. The molecule has 0 aliphatic rings. The average Bonchev–Trinajstić information content (AvgIpc) is 2.47. The van der Waals surface area contributed by atoms with Gasteiger partial charge in [-0.3, -0.25) is 9.78 Å². The monoisotopic (exact) mass is 281 g/mol. The number of methoxy groups -OCH3 is 1. The number of hydrogen-bond donors (Lipinski definition) is 4. The van der Waals surface area contributed by atoms with E-state index in [9.17, 15) is 4.79 Å². The van der Waals surface area contributed by atoms with Crippen molar-refractivity contribution in [2.45, 2.75) is 6.54 Å². The highest BCUT2D eigenvalue weighted by Gasteiger charge is 2.03. The van der Waals surface area contributed by atoms with Crippen molar-refractivity contribution in [2.75, 3.05) is 26.8 Å². The van der Waals surface area contributed by atoms with Gasteiger partial charge in [0.15, 0.2) is 5.84 Å². The van der Waals surface area contributed by atoms with Crippen LogP contribution in [0.3, 0.4) is 0 Å². The third-order valence-corrected chi connectivity index (χ3v) is 2.44. The largest absolute Gasteiger partial charge is 0.409 e. The van der Waals surface area contributed by atoms with Gasteiger partial charge in [-0.2, -0.15) is 0 Å². The molecule has 0 aliphatic heterocycles. The van der Waals surface area contributed by atoms with E-state index in [1.54, 1.807) is 25.4 Å². The van der Waals surface area contributed by atoms with Crippen LogP contribution in [0, 0.1) is 0 Å². The summed E-state index contributed by atoms with van der Waals surface area (Å²) < 4.78 is 4.83. The summed E-state index contributed by atoms with van der Waals surface area (Å²) in [7, 11) is 1.58. The number of hydrogen-bond acceptors (Lipinski definition) is 6. The first-order valence-electron chi connectivity index (χ1n) is 6.06. The highest BCUT2D eigenvalue weighted by Crippen LogP contribution is 2.01. The fraction of sp³-hybridized carbons (Fsp3) is 0.417. The summed E-state index contributed by atoms with van der Waals surface area (Å²) >= 11 is 0. The lowest BCUT2D eigenvalue weighted by molar-refractivity contribution is -0.120. The lowest BCUT2D eigenvalue weighted by Crippen LogP contribution is -2.35. The first kappa shape index (κ1) is 15.9. The van der Waals surface area contributed by atoms with Crippen molar-refractivity contribution in [1.82, 2.24) is 15.6 Å². The first-order chi connectivity index (χ1) is 9.67. The molecule has 1 aromatic rings. The molecule has 0 saturated heterocycles. The number of aromatic nitrogens is 1. The zero-order chi connectivity index (χ0) is 14.8. The van der Waals surface area contributed by atoms with Crippen LogP contribution in [-0.4, -0.2) is 48.7 Å². The lowest BCUT2D eigenvalue weighted by atomic mass is 10.2. The molecule has 0 radical (unpaired) electrons. The quantitative estimate of drug-likeness (QED) is 0.160. The smallest absolute Gasteiger partial charge is 0.234 e. The average molecular weight is 281 g/mol. The van der Waals surface area contributed by atoms with E-state index in [1.807, 2.05) is 0 Å². The lowest BCUT2D eigenvalue weighted by Gasteiger charge is -2.07. The van der Waals surface area contributed by atoms with E-state index < -0.39 is 0 Å². The van der Waals surface area contributed by atoms with Crippen LogP contribution >= 0.6 is 0 Å². The molecule has 8 heteroatoms. The highest BCUT2D eigenvalue weighted by atomic mass is 16.5. The summed E-state index contributed by atoms with van der Waals surface area (Å²) in [5, 5.41) is 17.1. The summed E-state index contributed by atoms with van der Waals surface area (Å²) in [5.41, 5.74) is 6.72. The number of ether oxygens (including phenoxy) is 1. The number of nitrogens with one attached hydrogen (secondary N) is 2. The Kier molecular flexibility index (Phi) is 7.01. The normalized spacial score (nSPS) is 11.3. The SMILES string of the molecule is COCCNC(=O)CNCc1ccnc(/C(N)=N/O)c1. The molecular formula is C12H19N5O3. The Hall–Kier alpha value is -2.19. The fourth-order valence-electron chi connectivity index (χ4n) is 1.45. The number of amides is 1. The first-order valence-corrected chi connectivity index (χ1v) is 6.06.